The van der Waals surface area contributed by atoms with Crippen molar-refractivity contribution in [2.75, 3.05) is 0 Å². The van der Waals surface area contributed by atoms with Crippen molar-refractivity contribution >= 4 is 103 Å². The lowest BCUT2D eigenvalue weighted by molar-refractivity contribution is -0.138. The van der Waals surface area contributed by atoms with Gasteiger partial charge in [0.05, 0.1) is 0 Å². The summed E-state index contributed by atoms with van der Waals surface area (Å²) in [7, 11) is 0. The summed E-state index contributed by atoms with van der Waals surface area (Å²) in [5, 5.41) is 37.7. The van der Waals surface area contributed by atoms with Gasteiger partial charge in [-0.05, 0) is 122 Å². The fraction of sp³-hybridized carbons (Fsp3) is 0.238. The largest absolute Gasteiger partial charge is 0.481 e. The fourth-order valence-electron chi connectivity index (χ4n) is 6.54. The molecule has 0 fully saturated rings. The first-order valence-corrected chi connectivity index (χ1v) is 23.7. The van der Waals surface area contributed by atoms with Crippen LogP contribution in [0.4, 0.5) is 0 Å². The summed E-state index contributed by atoms with van der Waals surface area (Å²) in [5.74, 6) is -3.36. The summed E-state index contributed by atoms with van der Waals surface area (Å²) in [6.07, 6.45) is 1.87. The Labute approximate surface area is 356 Å². The van der Waals surface area contributed by atoms with Crippen molar-refractivity contribution in [2.24, 2.45) is 0 Å². The van der Waals surface area contributed by atoms with Gasteiger partial charge in [-0.1, -0.05) is 0 Å². The van der Waals surface area contributed by atoms with Crippen LogP contribution in [0.15, 0.2) is 60.7 Å². The molecule has 0 saturated carbocycles. The van der Waals surface area contributed by atoms with E-state index in [1.807, 2.05) is 13.8 Å². The molecular weight excluding hydrogens is 857 g/mol. The highest BCUT2D eigenvalue weighted by atomic mass is 32.1. The zero-order valence-corrected chi connectivity index (χ0v) is 36.4. The second-order valence-corrected chi connectivity index (χ2v) is 21.3. The van der Waals surface area contributed by atoms with E-state index < -0.39 is 23.9 Å². The van der Waals surface area contributed by atoms with E-state index in [9.17, 15) is 39.6 Å². The van der Waals surface area contributed by atoms with Gasteiger partial charge in [0.15, 0.2) is 0 Å². The summed E-state index contributed by atoms with van der Waals surface area (Å²) >= 11 is 11.5. The molecule has 0 aliphatic heterocycles. The standard InChI is InChI=1S/C42H36O8S7/c1-21-17-23(3-13-35(43)44)39(51-21)29-9-11-31(54-29)41-25(5-15-37(47)48)19-33(56-41)27-7-8-28(53-27)34-20-26(6-16-38(49)50)42(57-34)32-12-10-30(55-32)40-24(4-14-36(45)46)18-22(2)52-40/h7-12,17-20H,3-6,13-16H2,1-2H3,(H,43,44)(H,45,46)(H,47,48)(H,49,50). The van der Waals surface area contributed by atoms with Crippen molar-refractivity contribution in [1.82, 2.24) is 0 Å². The summed E-state index contributed by atoms with van der Waals surface area (Å²) in [5.41, 5.74) is 4.01. The van der Waals surface area contributed by atoms with Crippen LogP contribution >= 0.6 is 79.4 Å². The van der Waals surface area contributed by atoms with E-state index in [1.54, 1.807) is 79.4 Å². The summed E-state index contributed by atoms with van der Waals surface area (Å²) < 4.78 is 0. The van der Waals surface area contributed by atoms with Gasteiger partial charge in [-0.15, -0.1) is 79.4 Å². The minimum Gasteiger partial charge on any atom is -0.481 e. The molecule has 0 aromatic carbocycles. The van der Waals surface area contributed by atoms with Crippen LogP contribution in [-0.2, 0) is 44.9 Å². The number of hydrogen-bond acceptors (Lipinski definition) is 11. The Balaban J connectivity index is 1.19. The zero-order valence-electron chi connectivity index (χ0n) is 30.7. The molecule has 57 heavy (non-hydrogen) atoms. The molecule has 0 radical (unpaired) electrons. The molecular formula is C42H36O8S7. The van der Waals surface area contributed by atoms with E-state index in [1.165, 1.54) is 0 Å². The van der Waals surface area contributed by atoms with Crippen molar-refractivity contribution < 1.29 is 39.6 Å². The Bertz CT molecular complexity index is 2430. The Hall–Kier alpha value is -4.22. The van der Waals surface area contributed by atoms with Gasteiger partial charge in [0.25, 0.3) is 0 Å². The van der Waals surface area contributed by atoms with Crippen molar-refractivity contribution in [3.63, 3.8) is 0 Å². The molecule has 0 aliphatic rings. The van der Waals surface area contributed by atoms with Crippen LogP contribution in [0.5, 0.6) is 0 Å². The average molecular weight is 893 g/mol. The van der Waals surface area contributed by atoms with E-state index in [0.29, 0.717) is 25.7 Å². The van der Waals surface area contributed by atoms with Gasteiger partial charge in [0.1, 0.15) is 0 Å². The second-order valence-electron chi connectivity index (χ2n) is 13.4. The lowest BCUT2D eigenvalue weighted by Crippen LogP contribution is -1.97. The van der Waals surface area contributed by atoms with E-state index in [4.69, 9.17) is 0 Å². The first-order chi connectivity index (χ1) is 27.3. The number of thiophene rings is 7. The predicted octanol–water partition coefficient (Wildman–Crippen LogP) is 12.8. The number of aryl methyl sites for hydroxylation is 6. The van der Waals surface area contributed by atoms with Crippen LogP contribution in [0.3, 0.4) is 0 Å². The lowest BCUT2D eigenvalue weighted by Gasteiger charge is -2.01. The molecule has 8 nitrogen and oxygen atoms in total. The Kier molecular flexibility index (Phi) is 12.7. The molecule has 7 heterocycles. The van der Waals surface area contributed by atoms with Gasteiger partial charge >= 0.3 is 23.9 Å². The third kappa shape index (κ3) is 9.74. The summed E-state index contributed by atoms with van der Waals surface area (Å²) in [4.78, 5) is 60.9. The molecule has 0 saturated heterocycles. The summed E-state index contributed by atoms with van der Waals surface area (Å²) in [6.45, 7) is 4.05. The molecule has 7 rings (SSSR count). The van der Waals surface area contributed by atoms with E-state index in [2.05, 4.69) is 60.7 Å². The van der Waals surface area contributed by atoms with E-state index >= 15 is 0 Å². The smallest absolute Gasteiger partial charge is 0.303 e. The highest BCUT2D eigenvalue weighted by Gasteiger charge is 2.22. The molecule has 0 spiro atoms. The highest BCUT2D eigenvalue weighted by Crippen LogP contribution is 2.50. The minimum atomic E-state index is -0.856. The lowest BCUT2D eigenvalue weighted by atomic mass is 10.1. The van der Waals surface area contributed by atoms with Gasteiger partial charge in [0.2, 0.25) is 0 Å². The van der Waals surface area contributed by atoms with Crippen LogP contribution in [0.1, 0.15) is 57.7 Å². The maximum atomic E-state index is 11.7. The number of rotatable bonds is 18. The van der Waals surface area contributed by atoms with Gasteiger partial charge in [-0.2, -0.15) is 0 Å². The molecule has 0 atom stereocenters. The first kappa shape index (κ1) is 41.0. The van der Waals surface area contributed by atoms with Crippen LogP contribution in [0, 0.1) is 13.8 Å². The molecule has 7 aromatic heterocycles. The normalized spacial score (nSPS) is 11.4. The van der Waals surface area contributed by atoms with E-state index in [0.717, 1.165) is 90.5 Å². The number of carbonyl (C=O) groups is 4. The van der Waals surface area contributed by atoms with Crippen molar-refractivity contribution in [1.29, 1.82) is 0 Å². The molecule has 4 N–H and O–H groups in total. The Morgan fingerprint density at radius 1 is 0.368 bits per heavy atom. The van der Waals surface area contributed by atoms with Crippen molar-refractivity contribution in [3.05, 3.63) is 92.7 Å². The van der Waals surface area contributed by atoms with Crippen LogP contribution in [0.25, 0.3) is 58.5 Å². The molecule has 7 aromatic rings. The van der Waals surface area contributed by atoms with Gasteiger partial charge in [0, 0.05) is 94.0 Å². The quantitative estimate of drug-likeness (QED) is 0.0665. The Morgan fingerprint density at radius 3 is 0.947 bits per heavy atom. The van der Waals surface area contributed by atoms with Crippen LogP contribution < -0.4 is 0 Å². The SMILES string of the molecule is Cc1cc(CCC(=O)O)c(-c2ccc(-c3sc(-c4ccc(-c5cc(CCC(=O)O)c(-c6ccc(-c7sc(C)cc7CCC(=O)O)s6)s5)s4)cc3CCC(=O)O)s2)s1. The molecule has 15 heteroatoms. The van der Waals surface area contributed by atoms with Crippen molar-refractivity contribution in [2.45, 2.75) is 65.2 Å². The van der Waals surface area contributed by atoms with Crippen molar-refractivity contribution in [3.8, 4) is 58.5 Å². The molecule has 0 unspecified atom stereocenters. The number of hydrogen-bond donors (Lipinski definition) is 4. The molecule has 0 amide bonds. The Morgan fingerprint density at radius 2 is 0.632 bits per heavy atom. The second kappa shape index (κ2) is 17.7. The van der Waals surface area contributed by atoms with Gasteiger partial charge in [-0.3, -0.25) is 19.2 Å². The maximum Gasteiger partial charge on any atom is 0.303 e. The van der Waals surface area contributed by atoms with Crippen LogP contribution in [0.2, 0.25) is 0 Å². The summed E-state index contributed by atoms with van der Waals surface area (Å²) in [6, 6.07) is 20.8. The zero-order chi connectivity index (χ0) is 40.4. The fourth-order valence-corrected chi connectivity index (χ4v) is 14.9. The average Bonchev–Trinajstić information content (AvgIpc) is 3.99. The number of carboxylic acids is 4. The third-order valence-electron chi connectivity index (χ3n) is 9.11. The monoisotopic (exact) mass is 892 g/mol. The van der Waals surface area contributed by atoms with E-state index in [-0.39, 0.29) is 25.7 Å². The first-order valence-electron chi connectivity index (χ1n) is 17.9. The molecule has 0 aliphatic carbocycles. The number of aliphatic carboxylic acids is 4. The van der Waals surface area contributed by atoms with Gasteiger partial charge in [-0.25, -0.2) is 0 Å². The van der Waals surface area contributed by atoms with Crippen LogP contribution in [-0.4, -0.2) is 44.3 Å². The highest BCUT2D eigenvalue weighted by molar-refractivity contribution is 7.31. The topological polar surface area (TPSA) is 149 Å². The third-order valence-corrected chi connectivity index (χ3v) is 18.0. The maximum absolute atomic E-state index is 11.7. The molecule has 294 valence electrons. The minimum absolute atomic E-state index is 0.0117. The number of carboxylic acid groups (broad SMARTS) is 4. The molecule has 0 bridgehead atoms. The predicted molar refractivity (Wildman–Crippen MR) is 237 cm³/mol. The van der Waals surface area contributed by atoms with Gasteiger partial charge < -0.3 is 20.4 Å².